The predicted octanol–water partition coefficient (Wildman–Crippen LogP) is 1.59. The summed E-state index contributed by atoms with van der Waals surface area (Å²) in [6, 6.07) is 0.730. The van der Waals surface area contributed by atoms with Crippen LogP contribution in [0.1, 0.15) is 26.2 Å². The van der Waals surface area contributed by atoms with Crippen molar-refractivity contribution in [2.45, 2.75) is 32.2 Å². The molecule has 0 unspecified atom stereocenters. The van der Waals surface area contributed by atoms with Crippen molar-refractivity contribution in [1.29, 1.82) is 0 Å². The first-order chi connectivity index (χ1) is 4.93. The Morgan fingerprint density at radius 3 is 2.55 bits per heavy atom. The molecule has 2 nitrogen and oxygen atoms in total. The van der Waals surface area contributed by atoms with Gasteiger partial charge in [0, 0.05) is 19.3 Å². The largest absolute Gasteiger partial charge is 0.381 e. The van der Waals surface area contributed by atoms with E-state index in [2.05, 4.69) is 12.2 Å². The molecule has 1 fully saturated rings. The van der Waals surface area contributed by atoms with Crippen LogP contribution in [0, 0.1) is 0 Å². The van der Waals surface area contributed by atoms with E-state index in [9.17, 15) is 0 Å². The van der Waals surface area contributed by atoms with Crippen LogP contribution in [0.25, 0.3) is 0 Å². The van der Waals surface area contributed by atoms with Crippen LogP contribution in [0.3, 0.4) is 0 Å². The second kappa shape index (κ2) is 6.89. The first-order valence-electron chi connectivity index (χ1n) is 4.24. The zero-order valence-corrected chi connectivity index (χ0v) is 7.95. The Morgan fingerprint density at radius 2 is 2.00 bits per heavy atom. The molecule has 0 aromatic carbocycles. The van der Waals surface area contributed by atoms with Crippen molar-refractivity contribution in [2.75, 3.05) is 19.8 Å². The van der Waals surface area contributed by atoms with E-state index in [1.165, 1.54) is 19.3 Å². The molecule has 0 aliphatic carbocycles. The van der Waals surface area contributed by atoms with E-state index in [4.69, 9.17) is 4.74 Å². The first-order valence-corrected chi connectivity index (χ1v) is 4.24. The Hall–Kier alpha value is 0.210. The average Bonchev–Trinajstić information content (AvgIpc) is 2.03. The van der Waals surface area contributed by atoms with Gasteiger partial charge in [-0.1, -0.05) is 6.92 Å². The van der Waals surface area contributed by atoms with Crippen molar-refractivity contribution in [3.8, 4) is 0 Å². The summed E-state index contributed by atoms with van der Waals surface area (Å²) in [7, 11) is 0. The topological polar surface area (TPSA) is 21.3 Å². The molecule has 0 spiro atoms. The number of nitrogens with one attached hydrogen (secondary N) is 1. The van der Waals surface area contributed by atoms with Gasteiger partial charge in [0.2, 0.25) is 0 Å². The van der Waals surface area contributed by atoms with Crippen molar-refractivity contribution >= 4 is 12.4 Å². The van der Waals surface area contributed by atoms with Gasteiger partial charge in [-0.2, -0.15) is 0 Å². The quantitative estimate of drug-likeness (QED) is 0.711. The molecule has 0 amide bonds. The van der Waals surface area contributed by atoms with E-state index in [-0.39, 0.29) is 12.4 Å². The summed E-state index contributed by atoms with van der Waals surface area (Å²) in [4.78, 5) is 0. The average molecular weight is 180 g/mol. The summed E-state index contributed by atoms with van der Waals surface area (Å²) in [6.45, 7) is 5.25. The Bertz CT molecular complexity index is 84.2. The molecule has 0 aromatic heterocycles. The highest BCUT2D eigenvalue weighted by Crippen LogP contribution is 2.05. The third kappa shape index (κ3) is 4.62. The molecular formula is C8H18ClNO. The highest BCUT2D eigenvalue weighted by Gasteiger charge is 2.11. The lowest BCUT2D eigenvalue weighted by atomic mass is 10.1. The van der Waals surface area contributed by atoms with Gasteiger partial charge in [-0.05, 0) is 25.8 Å². The molecule has 0 saturated carbocycles. The van der Waals surface area contributed by atoms with Crippen molar-refractivity contribution in [3.63, 3.8) is 0 Å². The predicted molar refractivity (Wildman–Crippen MR) is 49.4 cm³/mol. The highest BCUT2D eigenvalue weighted by atomic mass is 35.5. The lowest BCUT2D eigenvalue weighted by Crippen LogP contribution is -2.35. The lowest BCUT2D eigenvalue weighted by molar-refractivity contribution is 0.0781. The van der Waals surface area contributed by atoms with Crippen LogP contribution >= 0.6 is 12.4 Å². The maximum Gasteiger partial charge on any atom is 0.0480 e. The number of hydrogen-bond acceptors (Lipinski definition) is 2. The van der Waals surface area contributed by atoms with Gasteiger partial charge >= 0.3 is 0 Å². The lowest BCUT2D eigenvalue weighted by Gasteiger charge is -2.22. The molecule has 1 saturated heterocycles. The monoisotopic (exact) mass is 179 g/mol. The maximum atomic E-state index is 5.24. The van der Waals surface area contributed by atoms with E-state index < -0.39 is 0 Å². The molecule has 11 heavy (non-hydrogen) atoms. The minimum absolute atomic E-state index is 0. The minimum Gasteiger partial charge on any atom is -0.381 e. The van der Waals surface area contributed by atoms with E-state index >= 15 is 0 Å². The van der Waals surface area contributed by atoms with Crippen LogP contribution in [0.2, 0.25) is 0 Å². The molecular weight excluding hydrogens is 162 g/mol. The van der Waals surface area contributed by atoms with Crippen LogP contribution in [-0.2, 0) is 4.74 Å². The van der Waals surface area contributed by atoms with Crippen LogP contribution in [0.15, 0.2) is 0 Å². The van der Waals surface area contributed by atoms with E-state index in [1.807, 2.05) is 0 Å². The fraction of sp³-hybridized carbons (Fsp3) is 1.00. The molecule has 1 aliphatic rings. The zero-order chi connectivity index (χ0) is 7.23. The SMILES string of the molecule is CCCNC1CCOCC1.Cl. The summed E-state index contributed by atoms with van der Waals surface area (Å²) in [5.74, 6) is 0. The summed E-state index contributed by atoms with van der Waals surface area (Å²) >= 11 is 0. The second-order valence-corrected chi connectivity index (χ2v) is 2.84. The second-order valence-electron chi connectivity index (χ2n) is 2.84. The Morgan fingerprint density at radius 1 is 1.36 bits per heavy atom. The number of hydrogen-bond donors (Lipinski definition) is 1. The number of rotatable bonds is 3. The fourth-order valence-electron chi connectivity index (χ4n) is 1.25. The zero-order valence-electron chi connectivity index (χ0n) is 7.14. The Kier molecular flexibility index (Phi) is 7.02. The molecule has 1 N–H and O–H groups in total. The van der Waals surface area contributed by atoms with Gasteiger partial charge in [0.1, 0.15) is 0 Å². The Balaban J connectivity index is 0.000001000. The van der Waals surface area contributed by atoms with Crippen molar-refractivity contribution in [2.24, 2.45) is 0 Å². The Labute approximate surface area is 75.1 Å². The van der Waals surface area contributed by atoms with Gasteiger partial charge in [0.15, 0.2) is 0 Å². The van der Waals surface area contributed by atoms with Gasteiger partial charge in [-0.3, -0.25) is 0 Å². The normalized spacial score (nSPS) is 19.4. The smallest absolute Gasteiger partial charge is 0.0480 e. The van der Waals surface area contributed by atoms with Crippen LogP contribution in [0.4, 0.5) is 0 Å². The van der Waals surface area contributed by atoms with Gasteiger partial charge in [-0.15, -0.1) is 12.4 Å². The molecule has 1 aliphatic heterocycles. The van der Waals surface area contributed by atoms with Gasteiger partial charge in [0.05, 0.1) is 0 Å². The maximum absolute atomic E-state index is 5.24. The van der Waals surface area contributed by atoms with Crippen LogP contribution < -0.4 is 5.32 Å². The molecule has 1 rings (SSSR count). The van der Waals surface area contributed by atoms with Crippen LogP contribution in [-0.4, -0.2) is 25.8 Å². The van der Waals surface area contributed by atoms with Gasteiger partial charge in [0.25, 0.3) is 0 Å². The number of halogens is 1. The molecule has 3 heteroatoms. The molecule has 0 radical (unpaired) electrons. The van der Waals surface area contributed by atoms with E-state index in [0.29, 0.717) is 0 Å². The van der Waals surface area contributed by atoms with E-state index in [0.717, 1.165) is 25.8 Å². The fourth-order valence-corrected chi connectivity index (χ4v) is 1.25. The molecule has 68 valence electrons. The third-order valence-electron chi connectivity index (χ3n) is 1.90. The summed E-state index contributed by atoms with van der Waals surface area (Å²) in [5.41, 5.74) is 0. The van der Waals surface area contributed by atoms with Crippen molar-refractivity contribution in [3.05, 3.63) is 0 Å². The molecule has 0 bridgehead atoms. The molecule has 0 atom stereocenters. The number of ether oxygens (including phenoxy) is 1. The summed E-state index contributed by atoms with van der Waals surface area (Å²) < 4.78 is 5.24. The molecule has 0 aromatic rings. The standard InChI is InChI=1S/C8H17NO.ClH/c1-2-5-9-8-3-6-10-7-4-8;/h8-9H,2-7H2,1H3;1H. The van der Waals surface area contributed by atoms with E-state index in [1.54, 1.807) is 0 Å². The minimum atomic E-state index is 0. The molecule has 1 heterocycles. The van der Waals surface area contributed by atoms with Crippen molar-refractivity contribution in [1.82, 2.24) is 5.32 Å². The van der Waals surface area contributed by atoms with Crippen LogP contribution in [0.5, 0.6) is 0 Å². The van der Waals surface area contributed by atoms with Crippen molar-refractivity contribution < 1.29 is 4.74 Å². The van der Waals surface area contributed by atoms with Gasteiger partial charge < -0.3 is 10.1 Å². The first kappa shape index (κ1) is 11.2. The third-order valence-corrected chi connectivity index (χ3v) is 1.90. The summed E-state index contributed by atoms with van der Waals surface area (Å²) in [5, 5.41) is 3.49. The van der Waals surface area contributed by atoms with Gasteiger partial charge in [-0.25, -0.2) is 0 Å². The highest BCUT2D eigenvalue weighted by molar-refractivity contribution is 5.85. The summed E-state index contributed by atoms with van der Waals surface area (Å²) in [6.07, 6.45) is 3.62.